The number of hydrogen-bond donors (Lipinski definition) is 1. The van der Waals surface area contributed by atoms with Gasteiger partial charge in [0.25, 0.3) is 0 Å². The fourth-order valence-electron chi connectivity index (χ4n) is 2.09. The molecule has 0 amide bonds. The summed E-state index contributed by atoms with van der Waals surface area (Å²) in [6.45, 7) is 0.519. The lowest BCUT2D eigenvalue weighted by Gasteiger charge is -2.36. The third-order valence-electron chi connectivity index (χ3n) is 3.04. The van der Waals surface area contributed by atoms with Crippen LogP contribution in [0.5, 0.6) is 0 Å². The number of sulfone groups is 1. The molecule has 0 aliphatic heterocycles. The minimum Gasteiger partial charge on any atom is -0.309 e. The Bertz CT molecular complexity index is 284. The maximum absolute atomic E-state index is 11.0. The third kappa shape index (κ3) is 4.70. The Kier molecular flexibility index (Phi) is 4.87. The van der Waals surface area contributed by atoms with Crippen molar-refractivity contribution in [3.8, 4) is 0 Å². The van der Waals surface area contributed by atoms with Crippen molar-refractivity contribution < 1.29 is 8.42 Å². The molecule has 0 saturated heterocycles. The summed E-state index contributed by atoms with van der Waals surface area (Å²) in [5, 5.41) is 3.33. The zero-order chi connectivity index (χ0) is 11.4. The first-order valence-electron chi connectivity index (χ1n) is 5.46. The van der Waals surface area contributed by atoms with Crippen molar-refractivity contribution in [1.29, 1.82) is 0 Å². The molecular formula is C10H20ClNO2S. The Labute approximate surface area is 97.5 Å². The van der Waals surface area contributed by atoms with Gasteiger partial charge in [-0.1, -0.05) is 19.3 Å². The average molecular weight is 254 g/mol. The minimum absolute atomic E-state index is 0.00943. The zero-order valence-corrected chi connectivity index (χ0v) is 10.8. The standard InChI is InChI=1S/C10H20ClNO2S/c1-15(13,14)8-7-12-10(9-11)5-3-2-4-6-10/h12H,2-9H2,1H3. The zero-order valence-electron chi connectivity index (χ0n) is 9.26. The average Bonchev–Trinajstić information content (AvgIpc) is 2.17. The summed E-state index contributed by atoms with van der Waals surface area (Å²) in [7, 11) is -2.87. The quantitative estimate of drug-likeness (QED) is 0.757. The van der Waals surface area contributed by atoms with Crippen LogP contribution in [0.15, 0.2) is 0 Å². The summed E-state index contributed by atoms with van der Waals surface area (Å²) >= 11 is 5.98. The van der Waals surface area contributed by atoms with Crippen LogP contribution in [-0.4, -0.2) is 38.4 Å². The van der Waals surface area contributed by atoms with Crippen molar-refractivity contribution in [2.45, 2.75) is 37.6 Å². The second-order valence-corrected chi connectivity index (χ2v) is 7.06. The normalized spacial score (nSPS) is 21.5. The van der Waals surface area contributed by atoms with Gasteiger partial charge in [-0.3, -0.25) is 0 Å². The molecule has 0 atom stereocenters. The smallest absolute Gasteiger partial charge is 0.148 e. The van der Waals surface area contributed by atoms with Gasteiger partial charge in [0.2, 0.25) is 0 Å². The summed E-state index contributed by atoms with van der Waals surface area (Å²) in [6, 6.07) is 0. The van der Waals surface area contributed by atoms with Crippen LogP contribution < -0.4 is 5.32 Å². The van der Waals surface area contributed by atoms with E-state index in [1.165, 1.54) is 25.5 Å². The summed E-state index contributed by atoms with van der Waals surface area (Å²) in [5.74, 6) is 0.780. The molecule has 0 heterocycles. The SMILES string of the molecule is CS(=O)(=O)CCNC1(CCl)CCCCC1. The molecule has 0 aromatic carbocycles. The summed E-state index contributed by atoms with van der Waals surface area (Å²) in [5.41, 5.74) is -0.00943. The first-order chi connectivity index (χ1) is 6.97. The molecule has 1 rings (SSSR count). The molecule has 0 unspecified atom stereocenters. The number of halogens is 1. The Hall–Kier alpha value is 0.200. The van der Waals surface area contributed by atoms with E-state index in [0.717, 1.165) is 12.8 Å². The van der Waals surface area contributed by atoms with E-state index in [9.17, 15) is 8.42 Å². The topological polar surface area (TPSA) is 46.2 Å². The molecule has 90 valence electrons. The summed E-state index contributed by atoms with van der Waals surface area (Å²) in [4.78, 5) is 0. The van der Waals surface area contributed by atoms with Crippen molar-refractivity contribution in [3.05, 3.63) is 0 Å². The Morgan fingerprint density at radius 1 is 1.27 bits per heavy atom. The van der Waals surface area contributed by atoms with Crippen molar-refractivity contribution in [1.82, 2.24) is 5.32 Å². The van der Waals surface area contributed by atoms with E-state index in [1.54, 1.807) is 0 Å². The Morgan fingerprint density at radius 3 is 2.33 bits per heavy atom. The van der Waals surface area contributed by atoms with Crippen molar-refractivity contribution in [3.63, 3.8) is 0 Å². The molecule has 0 aromatic rings. The van der Waals surface area contributed by atoms with E-state index < -0.39 is 9.84 Å². The maximum Gasteiger partial charge on any atom is 0.148 e. The lowest BCUT2D eigenvalue weighted by Crippen LogP contribution is -2.49. The van der Waals surface area contributed by atoms with Crippen molar-refractivity contribution in [2.75, 3.05) is 24.4 Å². The maximum atomic E-state index is 11.0. The van der Waals surface area contributed by atoms with Crippen LogP contribution in [-0.2, 0) is 9.84 Å². The van der Waals surface area contributed by atoms with Gasteiger partial charge in [-0.25, -0.2) is 8.42 Å². The van der Waals surface area contributed by atoms with E-state index in [1.807, 2.05) is 0 Å². The predicted molar refractivity (Wildman–Crippen MR) is 64.2 cm³/mol. The van der Waals surface area contributed by atoms with Gasteiger partial charge in [0, 0.05) is 24.2 Å². The van der Waals surface area contributed by atoms with Gasteiger partial charge in [0.15, 0.2) is 0 Å². The van der Waals surface area contributed by atoms with Crippen LogP contribution in [0.3, 0.4) is 0 Å². The van der Waals surface area contributed by atoms with Crippen LogP contribution in [0.25, 0.3) is 0 Å². The Morgan fingerprint density at radius 2 is 1.87 bits per heavy atom. The lowest BCUT2D eigenvalue weighted by atomic mass is 9.83. The predicted octanol–water partition coefficient (Wildman–Crippen LogP) is 1.56. The molecular weight excluding hydrogens is 234 g/mol. The van der Waals surface area contributed by atoms with Crippen LogP contribution in [0.4, 0.5) is 0 Å². The molecule has 0 spiro atoms. The minimum atomic E-state index is -2.87. The van der Waals surface area contributed by atoms with Gasteiger partial charge in [0.1, 0.15) is 9.84 Å². The highest BCUT2D eigenvalue weighted by molar-refractivity contribution is 7.90. The number of hydrogen-bond acceptors (Lipinski definition) is 3. The first kappa shape index (κ1) is 13.3. The second kappa shape index (κ2) is 5.51. The van der Waals surface area contributed by atoms with Gasteiger partial charge in [-0.2, -0.15) is 0 Å². The molecule has 0 radical (unpaired) electrons. The van der Waals surface area contributed by atoms with Crippen LogP contribution in [0.2, 0.25) is 0 Å². The lowest BCUT2D eigenvalue weighted by molar-refractivity contribution is 0.264. The molecule has 3 nitrogen and oxygen atoms in total. The van der Waals surface area contributed by atoms with E-state index in [4.69, 9.17) is 11.6 Å². The van der Waals surface area contributed by atoms with Gasteiger partial charge >= 0.3 is 0 Å². The molecule has 1 fully saturated rings. The van der Waals surface area contributed by atoms with Crippen LogP contribution in [0.1, 0.15) is 32.1 Å². The summed E-state index contributed by atoms with van der Waals surface area (Å²) < 4.78 is 22.0. The first-order valence-corrected chi connectivity index (χ1v) is 8.06. The fourth-order valence-corrected chi connectivity index (χ4v) is 2.92. The van der Waals surface area contributed by atoms with E-state index >= 15 is 0 Å². The highest BCUT2D eigenvalue weighted by Gasteiger charge is 2.30. The molecule has 0 bridgehead atoms. The van der Waals surface area contributed by atoms with E-state index in [2.05, 4.69) is 5.32 Å². The second-order valence-electron chi connectivity index (χ2n) is 4.53. The molecule has 1 aliphatic rings. The van der Waals surface area contributed by atoms with Gasteiger partial charge in [0.05, 0.1) is 5.75 Å². The fraction of sp³-hybridized carbons (Fsp3) is 1.00. The summed E-state index contributed by atoms with van der Waals surface area (Å²) in [6.07, 6.45) is 7.06. The van der Waals surface area contributed by atoms with Gasteiger partial charge in [-0.15, -0.1) is 11.6 Å². The highest BCUT2D eigenvalue weighted by Crippen LogP contribution is 2.28. The van der Waals surface area contributed by atoms with Crippen molar-refractivity contribution >= 4 is 21.4 Å². The third-order valence-corrected chi connectivity index (χ3v) is 4.50. The van der Waals surface area contributed by atoms with Crippen LogP contribution >= 0.6 is 11.6 Å². The molecule has 15 heavy (non-hydrogen) atoms. The monoisotopic (exact) mass is 253 g/mol. The van der Waals surface area contributed by atoms with E-state index in [0.29, 0.717) is 12.4 Å². The largest absolute Gasteiger partial charge is 0.309 e. The molecule has 0 aromatic heterocycles. The molecule has 1 saturated carbocycles. The highest BCUT2D eigenvalue weighted by atomic mass is 35.5. The van der Waals surface area contributed by atoms with E-state index in [-0.39, 0.29) is 11.3 Å². The van der Waals surface area contributed by atoms with Crippen LogP contribution in [0, 0.1) is 0 Å². The van der Waals surface area contributed by atoms with Crippen molar-refractivity contribution in [2.24, 2.45) is 0 Å². The number of rotatable bonds is 5. The molecule has 5 heteroatoms. The van der Waals surface area contributed by atoms with Gasteiger partial charge in [-0.05, 0) is 12.8 Å². The molecule has 1 aliphatic carbocycles. The van der Waals surface area contributed by atoms with Gasteiger partial charge < -0.3 is 5.32 Å². The Balaban J connectivity index is 2.39. The number of nitrogens with one attached hydrogen (secondary N) is 1. The molecule has 1 N–H and O–H groups in total. The number of alkyl halides is 1.